The number of nitrogens with zero attached hydrogens (tertiary/aromatic N) is 1. The maximum Gasteiger partial charge on any atom is 0.433 e. The summed E-state index contributed by atoms with van der Waals surface area (Å²) < 4.78 is 63.3. The molecule has 0 aliphatic rings. The second-order valence-electron chi connectivity index (χ2n) is 3.57. The molecule has 2 aromatic heterocycles. The maximum absolute atomic E-state index is 12.5. The molecule has 1 N–H and O–H groups in total. The van der Waals surface area contributed by atoms with Gasteiger partial charge in [-0.3, -0.25) is 4.72 Å². The summed E-state index contributed by atoms with van der Waals surface area (Å²) in [6.45, 7) is 0. The third-order valence-corrected chi connectivity index (χ3v) is 5.17. The van der Waals surface area contributed by atoms with E-state index in [4.69, 9.17) is 11.6 Å². The van der Waals surface area contributed by atoms with Gasteiger partial charge in [0.05, 0.1) is 4.34 Å². The van der Waals surface area contributed by atoms with Crippen LogP contribution in [0.4, 0.5) is 19.0 Å². The highest BCUT2D eigenvalue weighted by Crippen LogP contribution is 2.30. The smallest absolute Gasteiger partial charge is 0.263 e. The number of hydrogen-bond donors (Lipinski definition) is 1. The monoisotopic (exact) mass is 342 g/mol. The van der Waals surface area contributed by atoms with Crippen LogP contribution in [-0.2, 0) is 16.2 Å². The zero-order valence-corrected chi connectivity index (χ0v) is 11.9. The van der Waals surface area contributed by atoms with Crippen LogP contribution in [0.15, 0.2) is 34.5 Å². The first-order valence-corrected chi connectivity index (χ1v) is 7.69. The number of thiophene rings is 1. The van der Waals surface area contributed by atoms with Crippen molar-refractivity contribution in [3.05, 3.63) is 40.4 Å². The molecule has 0 radical (unpaired) electrons. The van der Waals surface area contributed by atoms with Gasteiger partial charge in [-0.2, -0.15) is 13.2 Å². The molecule has 0 amide bonds. The number of halogens is 4. The second kappa shape index (κ2) is 5.23. The van der Waals surface area contributed by atoms with Crippen molar-refractivity contribution in [2.75, 3.05) is 4.72 Å². The lowest BCUT2D eigenvalue weighted by Gasteiger charge is -2.09. The Kier molecular flexibility index (Phi) is 3.94. The molecule has 108 valence electrons. The van der Waals surface area contributed by atoms with E-state index in [9.17, 15) is 21.6 Å². The predicted molar refractivity (Wildman–Crippen MR) is 69.4 cm³/mol. The van der Waals surface area contributed by atoms with Gasteiger partial charge in [0.15, 0.2) is 0 Å². The van der Waals surface area contributed by atoms with E-state index in [1.807, 2.05) is 4.72 Å². The zero-order valence-electron chi connectivity index (χ0n) is 9.48. The summed E-state index contributed by atoms with van der Waals surface area (Å²) in [5, 5.41) is 0. The topological polar surface area (TPSA) is 59.1 Å². The van der Waals surface area contributed by atoms with Crippen LogP contribution in [0, 0.1) is 0 Å². The van der Waals surface area contributed by atoms with Crippen molar-refractivity contribution < 1.29 is 21.6 Å². The van der Waals surface area contributed by atoms with E-state index >= 15 is 0 Å². The van der Waals surface area contributed by atoms with E-state index < -0.39 is 27.7 Å². The first-order valence-electron chi connectivity index (χ1n) is 5.01. The summed E-state index contributed by atoms with van der Waals surface area (Å²) in [5.41, 5.74) is -1.18. The fourth-order valence-corrected chi connectivity index (χ4v) is 3.76. The maximum atomic E-state index is 12.5. The van der Waals surface area contributed by atoms with E-state index in [1.165, 1.54) is 12.1 Å². The van der Waals surface area contributed by atoms with E-state index in [0.29, 0.717) is 0 Å². The van der Waals surface area contributed by atoms with Crippen molar-refractivity contribution in [1.82, 2.24) is 4.98 Å². The average Bonchev–Trinajstić information content (AvgIpc) is 2.75. The van der Waals surface area contributed by atoms with Crippen molar-refractivity contribution in [3.63, 3.8) is 0 Å². The Balaban J connectivity index is 2.31. The highest BCUT2D eigenvalue weighted by Gasteiger charge is 2.32. The van der Waals surface area contributed by atoms with Gasteiger partial charge in [-0.25, -0.2) is 13.4 Å². The largest absolute Gasteiger partial charge is 0.433 e. The first-order chi connectivity index (χ1) is 9.18. The Labute approximate surface area is 121 Å². The van der Waals surface area contributed by atoms with Crippen LogP contribution in [0.2, 0.25) is 4.34 Å². The summed E-state index contributed by atoms with van der Waals surface area (Å²) in [6, 6.07) is 5.57. The van der Waals surface area contributed by atoms with Crippen LogP contribution < -0.4 is 4.72 Å². The zero-order chi connectivity index (χ0) is 15.0. The summed E-state index contributed by atoms with van der Waals surface area (Å²) in [6.07, 6.45) is -4.65. The van der Waals surface area contributed by atoms with Crippen molar-refractivity contribution in [3.8, 4) is 0 Å². The number of hydrogen-bond acceptors (Lipinski definition) is 4. The molecule has 0 spiro atoms. The SMILES string of the molecule is O=S(=O)(Nc1cccc(C(F)(F)F)n1)c1ccc(Cl)s1. The fourth-order valence-electron chi connectivity index (χ4n) is 1.28. The van der Waals surface area contributed by atoms with Crippen molar-refractivity contribution in [1.29, 1.82) is 0 Å². The van der Waals surface area contributed by atoms with Crippen LogP contribution in [0.1, 0.15) is 5.69 Å². The van der Waals surface area contributed by atoms with E-state index in [2.05, 4.69) is 4.98 Å². The third-order valence-electron chi connectivity index (χ3n) is 2.09. The van der Waals surface area contributed by atoms with Gasteiger partial charge in [0.25, 0.3) is 10.0 Å². The van der Waals surface area contributed by atoms with Gasteiger partial charge in [0, 0.05) is 0 Å². The molecule has 2 rings (SSSR count). The number of anilines is 1. The molecule has 0 aliphatic carbocycles. The summed E-state index contributed by atoms with van der Waals surface area (Å²) in [7, 11) is -4.00. The van der Waals surface area contributed by atoms with Crippen LogP contribution >= 0.6 is 22.9 Å². The lowest BCUT2D eigenvalue weighted by molar-refractivity contribution is -0.141. The minimum Gasteiger partial charge on any atom is -0.263 e. The van der Waals surface area contributed by atoms with E-state index in [0.717, 1.165) is 29.5 Å². The Hall–Kier alpha value is -1.32. The van der Waals surface area contributed by atoms with E-state index in [1.54, 1.807) is 0 Å². The van der Waals surface area contributed by atoms with Crippen LogP contribution in [0.5, 0.6) is 0 Å². The number of alkyl halides is 3. The number of nitrogens with one attached hydrogen (secondary N) is 1. The Bertz CT molecular complexity index is 728. The standard InChI is InChI=1S/C10H6ClF3N2O2S2/c11-7-4-5-9(19-7)20(17,18)16-8-3-1-2-6(15-8)10(12,13)14/h1-5H,(H,15,16). The molecule has 0 saturated carbocycles. The lowest BCUT2D eigenvalue weighted by Crippen LogP contribution is -2.15. The Morgan fingerprint density at radius 1 is 1.20 bits per heavy atom. The number of rotatable bonds is 3. The third kappa shape index (κ3) is 3.41. The number of pyridine rings is 1. The highest BCUT2D eigenvalue weighted by atomic mass is 35.5. The number of aromatic nitrogens is 1. The van der Waals surface area contributed by atoms with Gasteiger partial charge in [0.2, 0.25) is 0 Å². The molecule has 2 aromatic rings. The first kappa shape index (κ1) is 15.1. The quantitative estimate of drug-likeness (QED) is 0.926. The predicted octanol–water partition coefficient (Wildman–Crippen LogP) is 3.62. The molecule has 0 saturated heterocycles. The average molecular weight is 343 g/mol. The summed E-state index contributed by atoms with van der Waals surface area (Å²) >= 11 is 6.41. The van der Waals surface area contributed by atoms with Crippen molar-refractivity contribution in [2.45, 2.75) is 10.4 Å². The molecule has 0 aliphatic heterocycles. The van der Waals surface area contributed by atoms with Gasteiger partial charge in [0.1, 0.15) is 15.7 Å². The van der Waals surface area contributed by atoms with Crippen molar-refractivity contribution >= 4 is 38.8 Å². The lowest BCUT2D eigenvalue weighted by atomic mass is 10.3. The van der Waals surface area contributed by atoms with Crippen LogP contribution in [0.3, 0.4) is 0 Å². The molecular formula is C10H6ClF3N2O2S2. The number of sulfonamides is 1. The normalized spacial score (nSPS) is 12.4. The molecule has 10 heteroatoms. The molecule has 0 fully saturated rings. The molecule has 0 bridgehead atoms. The summed E-state index contributed by atoms with van der Waals surface area (Å²) in [4.78, 5) is 3.22. The minimum absolute atomic E-state index is 0.110. The van der Waals surface area contributed by atoms with Gasteiger partial charge >= 0.3 is 6.18 Å². The van der Waals surface area contributed by atoms with E-state index in [-0.39, 0.29) is 8.55 Å². The van der Waals surface area contributed by atoms with Gasteiger partial charge in [-0.1, -0.05) is 17.7 Å². The molecule has 0 aromatic carbocycles. The van der Waals surface area contributed by atoms with Gasteiger partial charge in [-0.15, -0.1) is 11.3 Å². The molecule has 0 unspecified atom stereocenters. The molecular weight excluding hydrogens is 337 g/mol. The van der Waals surface area contributed by atoms with Crippen LogP contribution in [-0.4, -0.2) is 13.4 Å². The van der Waals surface area contributed by atoms with Crippen molar-refractivity contribution in [2.24, 2.45) is 0 Å². The highest BCUT2D eigenvalue weighted by molar-refractivity contribution is 7.94. The fraction of sp³-hybridized carbons (Fsp3) is 0.100. The molecule has 0 atom stereocenters. The van der Waals surface area contributed by atoms with Crippen LogP contribution in [0.25, 0.3) is 0 Å². The Morgan fingerprint density at radius 3 is 2.45 bits per heavy atom. The molecule has 4 nitrogen and oxygen atoms in total. The minimum atomic E-state index is -4.65. The van der Waals surface area contributed by atoms with Gasteiger partial charge < -0.3 is 0 Å². The molecule has 2 heterocycles. The van der Waals surface area contributed by atoms with Gasteiger partial charge in [-0.05, 0) is 24.3 Å². The second-order valence-corrected chi connectivity index (χ2v) is 7.19. The summed E-state index contributed by atoms with van der Waals surface area (Å²) in [5.74, 6) is -0.413. The molecule has 20 heavy (non-hydrogen) atoms. The Morgan fingerprint density at radius 2 is 1.90 bits per heavy atom.